The van der Waals surface area contributed by atoms with Crippen molar-refractivity contribution in [3.63, 3.8) is 0 Å². The molecule has 0 radical (unpaired) electrons. The zero-order valence-corrected chi connectivity index (χ0v) is 14.1. The third kappa shape index (κ3) is 6.15. The SMILES string of the molecule is C=CCC(CC#CC(CCC)OC(C)=O)(C(=O)OC)C(=O)OC. The van der Waals surface area contributed by atoms with Crippen molar-refractivity contribution in [3.8, 4) is 11.8 Å². The number of rotatable bonds is 8. The molecule has 0 rings (SSSR count). The standard InChI is InChI=1S/C17H24O6/c1-6-9-14(23-13(3)18)10-8-12-17(11-7-2,15(19)21-4)16(20)22-5/h7,14H,2,6,9,11-12H2,1,3-5H3. The van der Waals surface area contributed by atoms with Crippen molar-refractivity contribution in [2.24, 2.45) is 5.41 Å². The van der Waals surface area contributed by atoms with Crippen LogP contribution >= 0.6 is 0 Å². The normalized spacial score (nSPS) is 11.5. The molecular weight excluding hydrogens is 300 g/mol. The summed E-state index contributed by atoms with van der Waals surface area (Å²) >= 11 is 0. The van der Waals surface area contributed by atoms with Crippen LogP contribution in [0, 0.1) is 17.3 Å². The molecule has 6 nitrogen and oxygen atoms in total. The van der Waals surface area contributed by atoms with E-state index in [4.69, 9.17) is 14.2 Å². The third-order valence-corrected chi connectivity index (χ3v) is 3.16. The minimum Gasteiger partial charge on any atom is -0.468 e. The first-order valence-corrected chi connectivity index (χ1v) is 7.31. The lowest BCUT2D eigenvalue weighted by Gasteiger charge is -2.24. The molecular formula is C17H24O6. The largest absolute Gasteiger partial charge is 0.468 e. The molecule has 1 unspecified atom stereocenters. The van der Waals surface area contributed by atoms with Crippen LogP contribution in [0.15, 0.2) is 12.7 Å². The van der Waals surface area contributed by atoms with Crippen molar-refractivity contribution in [3.05, 3.63) is 12.7 Å². The number of carbonyl (C=O) groups is 3. The highest BCUT2D eigenvalue weighted by molar-refractivity contribution is 6.00. The van der Waals surface area contributed by atoms with Crippen LogP contribution in [-0.4, -0.2) is 38.2 Å². The van der Waals surface area contributed by atoms with Gasteiger partial charge >= 0.3 is 17.9 Å². The summed E-state index contributed by atoms with van der Waals surface area (Å²) in [6, 6.07) is 0. The van der Waals surface area contributed by atoms with Crippen LogP contribution < -0.4 is 0 Å². The van der Waals surface area contributed by atoms with E-state index in [0.717, 1.165) is 6.42 Å². The molecule has 0 aromatic heterocycles. The first-order chi connectivity index (χ1) is 10.9. The van der Waals surface area contributed by atoms with E-state index in [0.29, 0.717) is 6.42 Å². The molecule has 0 heterocycles. The van der Waals surface area contributed by atoms with Crippen LogP contribution in [-0.2, 0) is 28.6 Å². The molecule has 0 bridgehead atoms. The van der Waals surface area contributed by atoms with Crippen LogP contribution in [0.1, 0.15) is 39.5 Å². The van der Waals surface area contributed by atoms with Gasteiger partial charge in [0.1, 0.15) is 0 Å². The molecule has 0 N–H and O–H groups in total. The van der Waals surface area contributed by atoms with Crippen LogP contribution in [0.4, 0.5) is 0 Å². The zero-order valence-electron chi connectivity index (χ0n) is 14.1. The van der Waals surface area contributed by atoms with Gasteiger partial charge in [-0.05, 0) is 12.8 Å². The summed E-state index contributed by atoms with van der Waals surface area (Å²) < 4.78 is 14.5. The van der Waals surface area contributed by atoms with Gasteiger partial charge in [-0.3, -0.25) is 14.4 Å². The van der Waals surface area contributed by atoms with Crippen molar-refractivity contribution in [2.45, 2.75) is 45.6 Å². The van der Waals surface area contributed by atoms with Gasteiger partial charge < -0.3 is 14.2 Å². The summed E-state index contributed by atoms with van der Waals surface area (Å²) in [6.45, 7) is 6.79. The van der Waals surface area contributed by atoms with E-state index in [1.807, 2.05) is 6.92 Å². The summed E-state index contributed by atoms with van der Waals surface area (Å²) in [5, 5.41) is 0. The van der Waals surface area contributed by atoms with Crippen molar-refractivity contribution in [1.29, 1.82) is 0 Å². The Balaban J connectivity index is 5.42. The summed E-state index contributed by atoms with van der Waals surface area (Å²) in [5.41, 5.74) is -1.56. The van der Waals surface area contributed by atoms with E-state index < -0.39 is 29.4 Å². The smallest absolute Gasteiger partial charge is 0.324 e. The molecule has 0 spiro atoms. The van der Waals surface area contributed by atoms with E-state index in [1.54, 1.807) is 0 Å². The Hall–Kier alpha value is -2.29. The molecule has 0 aromatic carbocycles. The minimum atomic E-state index is -1.56. The number of ether oxygens (including phenoxy) is 3. The first-order valence-electron chi connectivity index (χ1n) is 7.31. The Labute approximate surface area is 137 Å². The van der Waals surface area contributed by atoms with E-state index in [-0.39, 0.29) is 12.8 Å². The van der Waals surface area contributed by atoms with Crippen molar-refractivity contribution in [2.75, 3.05) is 14.2 Å². The number of hydrogen-bond acceptors (Lipinski definition) is 6. The average molecular weight is 324 g/mol. The van der Waals surface area contributed by atoms with E-state index in [1.165, 1.54) is 27.2 Å². The second kappa shape index (κ2) is 10.4. The number of allylic oxidation sites excluding steroid dienone is 1. The van der Waals surface area contributed by atoms with Gasteiger partial charge in [0.2, 0.25) is 0 Å². The van der Waals surface area contributed by atoms with Gasteiger partial charge in [-0.15, -0.1) is 6.58 Å². The molecule has 0 amide bonds. The van der Waals surface area contributed by atoms with E-state index in [9.17, 15) is 14.4 Å². The van der Waals surface area contributed by atoms with Crippen LogP contribution in [0.25, 0.3) is 0 Å². The molecule has 0 aliphatic carbocycles. The lowest BCUT2D eigenvalue weighted by atomic mass is 9.81. The monoisotopic (exact) mass is 324 g/mol. The molecule has 0 aliphatic heterocycles. The lowest BCUT2D eigenvalue weighted by Crippen LogP contribution is -2.40. The average Bonchev–Trinajstić information content (AvgIpc) is 2.51. The van der Waals surface area contributed by atoms with Crippen LogP contribution in [0.3, 0.4) is 0 Å². The predicted octanol–water partition coefficient (Wildman–Crippen LogP) is 2.02. The molecule has 0 aromatic rings. The number of methoxy groups -OCH3 is 2. The Bertz CT molecular complexity index is 481. The number of esters is 3. The highest BCUT2D eigenvalue weighted by Crippen LogP contribution is 2.30. The summed E-state index contributed by atoms with van der Waals surface area (Å²) in [6.07, 6.45) is 2.13. The molecule has 6 heteroatoms. The van der Waals surface area contributed by atoms with Crippen LogP contribution in [0.2, 0.25) is 0 Å². The van der Waals surface area contributed by atoms with Crippen LogP contribution in [0.5, 0.6) is 0 Å². The fourth-order valence-corrected chi connectivity index (χ4v) is 2.04. The second-order valence-electron chi connectivity index (χ2n) is 4.94. The molecule has 0 saturated heterocycles. The summed E-state index contributed by atoms with van der Waals surface area (Å²) in [5.74, 6) is 3.63. The van der Waals surface area contributed by atoms with Gasteiger partial charge in [0.15, 0.2) is 11.5 Å². The zero-order chi connectivity index (χ0) is 17.9. The quantitative estimate of drug-likeness (QED) is 0.223. The minimum absolute atomic E-state index is 0.0348. The van der Waals surface area contributed by atoms with Crippen molar-refractivity contribution >= 4 is 17.9 Å². The lowest BCUT2D eigenvalue weighted by molar-refractivity contribution is -0.168. The fraction of sp³-hybridized carbons (Fsp3) is 0.588. The fourth-order valence-electron chi connectivity index (χ4n) is 2.04. The Morgan fingerprint density at radius 2 is 1.78 bits per heavy atom. The molecule has 0 aliphatic rings. The van der Waals surface area contributed by atoms with Gasteiger partial charge in [-0.25, -0.2) is 0 Å². The molecule has 128 valence electrons. The maximum atomic E-state index is 12.1. The Kier molecular flexibility index (Phi) is 9.40. The molecule has 0 saturated carbocycles. The second-order valence-corrected chi connectivity index (χ2v) is 4.94. The Morgan fingerprint density at radius 3 is 2.17 bits per heavy atom. The van der Waals surface area contributed by atoms with E-state index in [2.05, 4.69) is 18.4 Å². The maximum Gasteiger partial charge on any atom is 0.324 e. The van der Waals surface area contributed by atoms with Crippen molar-refractivity contribution < 1.29 is 28.6 Å². The van der Waals surface area contributed by atoms with Crippen molar-refractivity contribution in [1.82, 2.24) is 0 Å². The highest BCUT2D eigenvalue weighted by Gasteiger charge is 2.46. The van der Waals surface area contributed by atoms with Gasteiger partial charge in [0.05, 0.1) is 14.2 Å². The first kappa shape index (κ1) is 20.7. The Morgan fingerprint density at radius 1 is 1.22 bits per heavy atom. The molecule has 1 atom stereocenters. The molecule has 23 heavy (non-hydrogen) atoms. The predicted molar refractivity (Wildman–Crippen MR) is 84.1 cm³/mol. The topological polar surface area (TPSA) is 78.9 Å². The summed E-state index contributed by atoms with van der Waals surface area (Å²) in [7, 11) is 2.38. The molecule has 0 fully saturated rings. The number of carbonyl (C=O) groups excluding carboxylic acids is 3. The third-order valence-electron chi connectivity index (χ3n) is 3.16. The van der Waals surface area contributed by atoms with Gasteiger partial charge in [0.25, 0.3) is 0 Å². The van der Waals surface area contributed by atoms with E-state index >= 15 is 0 Å². The maximum absolute atomic E-state index is 12.1. The number of hydrogen-bond donors (Lipinski definition) is 0. The van der Waals surface area contributed by atoms with Gasteiger partial charge in [-0.1, -0.05) is 31.3 Å². The van der Waals surface area contributed by atoms with Gasteiger partial charge in [-0.2, -0.15) is 0 Å². The summed E-state index contributed by atoms with van der Waals surface area (Å²) in [4.78, 5) is 35.2. The van der Waals surface area contributed by atoms with Gasteiger partial charge in [0, 0.05) is 13.3 Å². The highest BCUT2D eigenvalue weighted by atomic mass is 16.5.